The standard InChI is InChI=1S/C29H35N5O5S/c1-7-29(2,3)30-28(36)26(19-15-23(37-4)27(39-6)24(16-19)38-5)33(17-20-11-10-14-40-20)25(35)18-34-22-13-9-8-12-21(22)31-32-34/h8-16,26H,7,17-18H2,1-6H3,(H,30,36)/t26-/m0/s1. The second-order valence-corrected chi connectivity index (χ2v) is 11.0. The number of nitrogens with one attached hydrogen (secondary N) is 1. The lowest BCUT2D eigenvalue weighted by molar-refractivity contribution is -0.142. The molecule has 1 N–H and O–H groups in total. The van der Waals surface area contributed by atoms with Crippen molar-refractivity contribution in [1.82, 2.24) is 25.2 Å². The largest absolute Gasteiger partial charge is 0.493 e. The fourth-order valence-electron chi connectivity index (χ4n) is 4.37. The van der Waals surface area contributed by atoms with E-state index in [1.54, 1.807) is 21.7 Å². The Kier molecular flexibility index (Phi) is 8.93. The molecular weight excluding hydrogens is 530 g/mol. The Bertz CT molecular complexity index is 1440. The maximum Gasteiger partial charge on any atom is 0.247 e. The predicted molar refractivity (Wildman–Crippen MR) is 154 cm³/mol. The molecule has 2 heterocycles. The second kappa shape index (κ2) is 12.4. The lowest BCUT2D eigenvalue weighted by Crippen LogP contribution is -2.50. The van der Waals surface area contributed by atoms with Crippen molar-refractivity contribution >= 4 is 34.2 Å². The highest BCUT2D eigenvalue weighted by Gasteiger charge is 2.36. The molecule has 2 aromatic heterocycles. The van der Waals surface area contributed by atoms with E-state index in [2.05, 4.69) is 15.6 Å². The van der Waals surface area contributed by atoms with Gasteiger partial charge in [0.2, 0.25) is 17.6 Å². The molecule has 0 fully saturated rings. The second-order valence-electron chi connectivity index (χ2n) is 9.92. The monoisotopic (exact) mass is 565 g/mol. The van der Waals surface area contributed by atoms with Gasteiger partial charge in [-0.3, -0.25) is 9.59 Å². The first-order valence-corrected chi connectivity index (χ1v) is 13.8. The van der Waals surface area contributed by atoms with Crippen LogP contribution in [0, 0.1) is 0 Å². The lowest BCUT2D eigenvalue weighted by Gasteiger charge is -2.34. The summed E-state index contributed by atoms with van der Waals surface area (Å²) in [5.41, 5.74) is 1.43. The Morgan fingerprint density at radius 2 is 1.75 bits per heavy atom. The van der Waals surface area contributed by atoms with Gasteiger partial charge in [-0.2, -0.15) is 0 Å². The SMILES string of the molecule is CCC(C)(C)NC(=O)[C@H](c1cc(OC)c(OC)c(OC)c1)N(Cc1cccs1)C(=O)Cn1nnc2ccccc21. The number of amides is 2. The quantitative estimate of drug-likeness (QED) is 0.268. The van der Waals surface area contributed by atoms with Crippen LogP contribution in [0.15, 0.2) is 53.9 Å². The van der Waals surface area contributed by atoms with Gasteiger partial charge in [0.25, 0.3) is 0 Å². The van der Waals surface area contributed by atoms with E-state index in [-0.39, 0.29) is 24.9 Å². The third-order valence-electron chi connectivity index (χ3n) is 6.84. The zero-order valence-corrected chi connectivity index (χ0v) is 24.4. The van der Waals surface area contributed by atoms with E-state index in [0.29, 0.717) is 34.7 Å². The number of carbonyl (C=O) groups is 2. The average Bonchev–Trinajstić information content (AvgIpc) is 3.62. The topological polar surface area (TPSA) is 108 Å². The molecule has 4 aromatic rings. The Labute approximate surface area is 237 Å². The average molecular weight is 566 g/mol. The van der Waals surface area contributed by atoms with Gasteiger partial charge in [-0.1, -0.05) is 30.3 Å². The van der Waals surface area contributed by atoms with Gasteiger partial charge in [-0.25, -0.2) is 4.68 Å². The van der Waals surface area contributed by atoms with E-state index in [1.165, 1.54) is 32.7 Å². The van der Waals surface area contributed by atoms with Gasteiger partial charge in [0.05, 0.1) is 33.4 Å². The van der Waals surface area contributed by atoms with Gasteiger partial charge in [0.15, 0.2) is 11.5 Å². The number of carbonyl (C=O) groups excluding carboxylic acids is 2. The molecule has 2 amide bonds. The first-order valence-electron chi connectivity index (χ1n) is 12.9. The highest BCUT2D eigenvalue weighted by molar-refractivity contribution is 7.09. The molecule has 4 rings (SSSR count). The van der Waals surface area contributed by atoms with Crippen LogP contribution in [0.1, 0.15) is 43.7 Å². The molecule has 40 heavy (non-hydrogen) atoms. The van der Waals surface area contributed by atoms with E-state index in [4.69, 9.17) is 14.2 Å². The van der Waals surface area contributed by atoms with Gasteiger partial charge in [-0.15, -0.1) is 16.4 Å². The van der Waals surface area contributed by atoms with Crippen LogP contribution in [0.4, 0.5) is 0 Å². The predicted octanol–water partition coefficient (Wildman–Crippen LogP) is 4.59. The van der Waals surface area contributed by atoms with Gasteiger partial charge in [0, 0.05) is 10.4 Å². The summed E-state index contributed by atoms with van der Waals surface area (Å²) in [6.45, 7) is 6.01. The van der Waals surface area contributed by atoms with Crippen molar-refractivity contribution in [1.29, 1.82) is 0 Å². The molecule has 0 aliphatic rings. The van der Waals surface area contributed by atoms with E-state index in [1.807, 2.05) is 62.5 Å². The van der Waals surface area contributed by atoms with Gasteiger partial charge in [-0.05, 0) is 61.5 Å². The van der Waals surface area contributed by atoms with Crippen LogP contribution in [0.25, 0.3) is 11.0 Å². The Morgan fingerprint density at radius 1 is 1.05 bits per heavy atom. The summed E-state index contributed by atoms with van der Waals surface area (Å²) in [5, 5.41) is 13.5. The zero-order valence-electron chi connectivity index (χ0n) is 23.6. The third kappa shape index (κ3) is 6.20. The molecular formula is C29H35N5O5S. The number of rotatable bonds is 12. The molecule has 11 heteroatoms. The number of methoxy groups -OCH3 is 3. The fraction of sp³-hybridized carbons (Fsp3) is 0.379. The van der Waals surface area contributed by atoms with Crippen molar-refractivity contribution in [3.8, 4) is 17.2 Å². The molecule has 212 valence electrons. The Hall–Kier alpha value is -4.12. The van der Waals surface area contributed by atoms with Gasteiger partial charge < -0.3 is 24.4 Å². The van der Waals surface area contributed by atoms with Crippen molar-refractivity contribution in [2.24, 2.45) is 0 Å². The van der Waals surface area contributed by atoms with Crippen molar-refractivity contribution in [2.75, 3.05) is 21.3 Å². The summed E-state index contributed by atoms with van der Waals surface area (Å²) >= 11 is 1.51. The number of hydrogen-bond acceptors (Lipinski definition) is 8. The van der Waals surface area contributed by atoms with Crippen LogP contribution in [0.3, 0.4) is 0 Å². The summed E-state index contributed by atoms with van der Waals surface area (Å²) in [6.07, 6.45) is 0.699. The number of ether oxygens (including phenoxy) is 3. The maximum absolute atomic E-state index is 14.1. The van der Waals surface area contributed by atoms with Crippen LogP contribution in [0.5, 0.6) is 17.2 Å². The number of benzene rings is 2. The molecule has 0 spiro atoms. The molecule has 2 aromatic carbocycles. The molecule has 1 atom stereocenters. The van der Waals surface area contributed by atoms with Crippen molar-refractivity contribution < 1.29 is 23.8 Å². The Balaban J connectivity index is 1.84. The molecule has 0 unspecified atom stereocenters. The number of nitrogens with zero attached hydrogens (tertiary/aromatic N) is 4. The normalized spacial score (nSPS) is 12.2. The van der Waals surface area contributed by atoms with E-state index < -0.39 is 11.6 Å². The number of thiophene rings is 1. The van der Waals surface area contributed by atoms with Gasteiger partial charge >= 0.3 is 0 Å². The summed E-state index contributed by atoms with van der Waals surface area (Å²) in [7, 11) is 4.55. The van der Waals surface area contributed by atoms with Crippen LogP contribution < -0.4 is 19.5 Å². The minimum absolute atomic E-state index is 0.0999. The molecule has 0 aliphatic heterocycles. The minimum atomic E-state index is -1.01. The van der Waals surface area contributed by atoms with Crippen molar-refractivity contribution in [3.05, 3.63) is 64.4 Å². The van der Waals surface area contributed by atoms with Crippen LogP contribution in [-0.4, -0.2) is 58.6 Å². The molecule has 0 saturated heterocycles. The maximum atomic E-state index is 14.1. The number of hydrogen-bond donors (Lipinski definition) is 1. The molecule has 0 bridgehead atoms. The van der Waals surface area contributed by atoms with Crippen molar-refractivity contribution in [2.45, 2.75) is 51.9 Å². The van der Waals surface area contributed by atoms with E-state index in [0.717, 1.165) is 10.4 Å². The highest BCUT2D eigenvalue weighted by Crippen LogP contribution is 2.41. The van der Waals surface area contributed by atoms with Crippen molar-refractivity contribution in [3.63, 3.8) is 0 Å². The molecule has 0 radical (unpaired) electrons. The van der Waals surface area contributed by atoms with E-state index >= 15 is 0 Å². The molecule has 0 aliphatic carbocycles. The number of aromatic nitrogens is 3. The van der Waals surface area contributed by atoms with Crippen LogP contribution >= 0.6 is 11.3 Å². The summed E-state index contributed by atoms with van der Waals surface area (Å²) in [6, 6.07) is 13.7. The number of fused-ring (bicyclic) bond motifs is 1. The molecule has 0 saturated carbocycles. The third-order valence-corrected chi connectivity index (χ3v) is 7.70. The Morgan fingerprint density at radius 3 is 2.35 bits per heavy atom. The number of para-hydroxylation sites is 1. The van der Waals surface area contributed by atoms with Crippen LogP contribution in [0.2, 0.25) is 0 Å². The first-order chi connectivity index (χ1) is 19.2. The van der Waals surface area contributed by atoms with Crippen LogP contribution in [-0.2, 0) is 22.7 Å². The zero-order chi connectivity index (χ0) is 28.9. The fourth-order valence-corrected chi connectivity index (χ4v) is 5.07. The summed E-state index contributed by atoms with van der Waals surface area (Å²) in [4.78, 5) is 30.8. The molecule has 10 nitrogen and oxygen atoms in total. The van der Waals surface area contributed by atoms with Gasteiger partial charge in [0.1, 0.15) is 18.1 Å². The highest BCUT2D eigenvalue weighted by atomic mass is 32.1. The first kappa shape index (κ1) is 28.9. The summed E-state index contributed by atoms with van der Waals surface area (Å²) in [5.74, 6) is 0.541. The summed E-state index contributed by atoms with van der Waals surface area (Å²) < 4.78 is 18.2. The smallest absolute Gasteiger partial charge is 0.247 e. The van der Waals surface area contributed by atoms with E-state index in [9.17, 15) is 9.59 Å². The lowest BCUT2D eigenvalue weighted by atomic mass is 9.98. The minimum Gasteiger partial charge on any atom is -0.493 e.